The summed E-state index contributed by atoms with van der Waals surface area (Å²) in [6.45, 7) is 2.05. The van der Waals surface area contributed by atoms with Gasteiger partial charge in [-0.2, -0.15) is 0 Å². The van der Waals surface area contributed by atoms with Gasteiger partial charge in [0.05, 0.1) is 18.2 Å². The second-order valence-electron chi connectivity index (χ2n) is 5.33. The number of hydrogen-bond donors (Lipinski definition) is 1. The lowest BCUT2D eigenvalue weighted by atomic mass is 10.1. The molecule has 1 amide bonds. The number of methoxy groups -OCH3 is 1. The van der Waals surface area contributed by atoms with Crippen molar-refractivity contribution in [3.05, 3.63) is 66.1 Å². The average molecular weight is 351 g/mol. The van der Waals surface area contributed by atoms with E-state index in [9.17, 15) is 4.79 Å². The first-order chi connectivity index (χ1) is 12.2. The summed E-state index contributed by atoms with van der Waals surface area (Å²) in [4.78, 5) is 21.4. The monoisotopic (exact) mass is 351 g/mol. The van der Waals surface area contributed by atoms with Crippen molar-refractivity contribution in [3.63, 3.8) is 0 Å². The highest BCUT2D eigenvalue weighted by Crippen LogP contribution is 2.30. The molecule has 0 unspecified atom stereocenters. The van der Waals surface area contributed by atoms with Crippen molar-refractivity contribution >= 4 is 28.5 Å². The highest BCUT2D eigenvalue weighted by molar-refractivity contribution is 7.19. The van der Waals surface area contributed by atoms with Gasteiger partial charge in [0.25, 0.3) is 0 Å². The minimum absolute atomic E-state index is 0.242. The van der Waals surface area contributed by atoms with Crippen LogP contribution in [-0.4, -0.2) is 23.0 Å². The maximum atomic E-state index is 12.1. The Labute approximate surface area is 150 Å². The summed E-state index contributed by atoms with van der Waals surface area (Å²) in [7, 11) is 1.58. The number of anilines is 1. The fourth-order valence-corrected chi connectivity index (χ4v) is 3.17. The second-order valence-corrected chi connectivity index (χ2v) is 6.36. The van der Waals surface area contributed by atoms with Crippen molar-refractivity contribution in [2.24, 2.45) is 0 Å². The lowest BCUT2D eigenvalue weighted by Gasteiger charge is -2.01. The van der Waals surface area contributed by atoms with Gasteiger partial charge in [-0.3, -0.25) is 15.1 Å². The van der Waals surface area contributed by atoms with E-state index in [1.807, 2.05) is 18.2 Å². The predicted molar refractivity (Wildman–Crippen MR) is 101 cm³/mol. The molecule has 2 heterocycles. The Kier molecular flexibility index (Phi) is 5.20. The van der Waals surface area contributed by atoms with Gasteiger partial charge < -0.3 is 4.74 Å². The van der Waals surface area contributed by atoms with Crippen LogP contribution in [0, 0.1) is 6.92 Å². The van der Waals surface area contributed by atoms with Crippen molar-refractivity contribution in [1.29, 1.82) is 0 Å². The van der Waals surface area contributed by atoms with E-state index < -0.39 is 0 Å². The summed E-state index contributed by atoms with van der Waals surface area (Å²) in [6.07, 6.45) is 8.18. The van der Waals surface area contributed by atoms with Crippen LogP contribution < -0.4 is 10.1 Å². The molecule has 0 bridgehead atoms. The molecule has 5 nitrogen and oxygen atoms in total. The largest absolute Gasteiger partial charge is 0.495 e. The van der Waals surface area contributed by atoms with Gasteiger partial charge in [0.2, 0.25) is 5.91 Å². The van der Waals surface area contributed by atoms with E-state index in [0.717, 1.165) is 16.0 Å². The van der Waals surface area contributed by atoms with E-state index in [1.165, 1.54) is 23.0 Å². The highest BCUT2D eigenvalue weighted by atomic mass is 32.1. The van der Waals surface area contributed by atoms with Crippen molar-refractivity contribution in [1.82, 2.24) is 9.97 Å². The average Bonchev–Trinajstić information content (AvgIpc) is 3.08. The van der Waals surface area contributed by atoms with Crippen LogP contribution in [0.3, 0.4) is 0 Å². The Morgan fingerprint density at radius 3 is 2.88 bits per heavy atom. The molecule has 1 aromatic carbocycles. The first kappa shape index (κ1) is 16.9. The predicted octanol–water partition coefficient (Wildman–Crippen LogP) is 4.17. The fourth-order valence-electron chi connectivity index (χ4n) is 2.26. The molecule has 0 aliphatic rings. The van der Waals surface area contributed by atoms with Crippen molar-refractivity contribution in [2.75, 3.05) is 12.4 Å². The van der Waals surface area contributed by atoms with Crippen molar-refractivity contribution < 1.29 is 9.53 Å². The zero-order chi connectivity index (χ0) is 17.6. The molecule has 0 aliphatic carbocycles. The van der Waals surface area contributed by atoms with Crippen LogP contribution in [-0.2, 0) is 4.79 Å². The van der Waals surface area contributed by atoms with Crippen LogP contribution in [0.15, 0.2) is 55.0 Å². The van der Waals surface area contributed by atoms with E-state index in [0.29, 0.717) is 10.9 Å². The molecular formula is C19H17N3O2S. The van der Waals surface area contributed by atoms with Crippen LogP contribution in [0.1, 0.15) is 11.1 Å². The quantitative estimate of drug-likeness (QED) is 0.701. The van der Waals surface area contributed by atoms with Crippen LogP contribution in [0.25, 0.3) is 16.5 Å². The Morgan fingerprint density at radius 2 is 2.08 bits per heavy atom. The number of nitrogens with zero attached hydrogens (tertiary/aromatic N) is 2. The second kappa shape index (κ2) is 7.72. The first-order valence-corrected chi connectivity index (χ1v) is 8.47. The third kappa shape index (κ3) is 4.30. The van der Waals surface area contributed by atoms with Gasteiger partial charge in [-0.05, 0) is 35.8 Å². The van der Waals surface area contributed by atoms with Gasteiger partial charge in [-0.25, -0.2) is 4.98 Å². The normalized spacial score (nSPS) is 10.8. The molecule has 0 saturated carbocycles. The summed E-state index contributed by atoms with van der Waals surface area (Å²) in [6, 6.07) is 9.89. The summed E-state index contributed by atoms with van der Waals surface area (Å²) in [5.74, 6) is 0.402. The van der Waals surface area contributed by atoms with E-state index in [-0.39, 0.29) is 5.91 Å². The van der Waals surface area contributed by atoms with E-state index in [2.05, 4.69) is 28.3 Å². The van der Waals surface area contributed by atoms with Gasteiger partial charge in [0.1, 0.15) is 5.75 Å². The molecule has 0 aliphatic heterocycles. The van der Waals surface area contributed by atoms with E-state index >= 15 is 0 Å². The minimum atomic E-state index is -0.242. The summed E-state index contributed by atoms with van der Waals surface area (Å²) < 4.78 is 5.11. The molecule has 0 spiro atoms. The van der Waals surface area contributed by atoms with Crippen LogP contribution in [0.5, 0.6) is 5.75 Å². The fraction of sp³-hybridized carbons (Fsp3) is 0.105. The van der Waals surface area contributed by atoms with Gasteiger partial charge in [-0.1, -0.05) is 35.6 Å². The van der Waals surface area contributed by atoms with Gasteiger partial charge in [0, 0.05) is 18.5 Å². The zero-order valence-corrected chi connectivity index (χ0v) is 14.7. The minimum Gasteiger partial charge on any atom is -0.495 e. The number of thiazole rings is 1. The van der Waals surface area contributed by atoms with E-state index in [1.54, 1.807) is 37.8 Å². The van der Waals surface area contributed by atoms with Crippen LogP contribution in [0.2, 0.25) is 0 Å². The molecule has 3 aromatic rings. The number of aromatic nitrogens is 2. The maximum absolute atomic E-state index is 12.1. The number of hydrogen-bond acceptors (Lipinski definition) is 5. The topological polar surface area (TPSA) is 64.1 Å². The SMILES string of the molecule is COc1cncc(/C=C/C(=O)Nc2ncc(-c3ccccc3C)s2)c1. The van der Waals surface area contributed by atoms with Gasteiger partial charge >= 0.3 is 0 Å². The molecule has 2 aromatic heterocycles. The molecule has 0 fully saturated rings. The number of nitrogens with one attached hydrogen (secondary N) is 1. The van der Waals surface area contributed by atoms with Gasteiger partial charge in [0.15, 0.2) is 5.13 Å². The number of pyridine rings is 1. The van der Waals surface area contributed by atoms with Crippen molar-refractivity contribution in [2.45, 2.75) is 6.92 Å². The standard InChI is InChI=1S/C19H17N3O2S/c1-13-5-3-4-6-16(13)17-12-21-19(25-17)22-18(23)8-7-14-9-15(24-2)11-20-10-14/h3-12H,1-2H3,(H,21,22,23)/b8-7+. The number of aryl methyl sites for hydroxylation is 1. The number of benzene rings is 1. The highest BCUT2D eigenvalue weighted by Gasteiger charge is 2.08. The Hall–Kier alpha value is -2.99. The maximum Gasteiger partial charge on any atom is 0.250 e. The van der Waals surface area contributed by atoms with Crippen LogP contribution >= 0.6 is 11.3 Å². The molecule has 0 saturated heterocycles. The summed E-state index contributed by atoms with van der Waals surface area (Å²) in [5, 5.41) is 3.35. The Morgan fingerprint density at radius 1 is 1.24 bits per heavy atom. The molecule has 126 valence electrons. The van der Waals surface area contributed by atoms with Crippen LogP contribution in [0.4, 0.5) is 5.13 Å². The van der Waals surface area contributed by atoms with Crippen molar-refractivity contribution in [3.8, 4) is 16.2 Å². The lowest BCUT2D eigenvalue weighted by Crippen LogP contribution is -2.07. The Balaban J connectivity index is 1.67. The molecule has 6 heteroatoms. The smallest absolute Gasteiger partial charge is 0.250 e. The number of rotatable bonds is 5. The third-order valence-electron chi connectivity index (χ3n) is 3.54. The molecular weight excluding hydrogens is 334 g/mol. The summed E-state index contributed by atoms with van der Waals surface area (Å²) in [5.41, 5.74) is 3.09. The van der Waals surface area contributed by atoms with Gasteiger partial charge in [-0.15, -0.1) is 0 Å². The number of carbonyl (C=O) groups excluding carboxylic acids is 1. The lowest BCUT2D eigenvalue weighted by molar-refractivity contribution is -0.111. The molecule has 3 rings (SSSR count). The number of amides is 1. The molecule has 1 N–H and O–H groups in total. The number of ether oxygens (including phenoxy) is 1. The third-order valence-corrected chi connectivity index (χ3v) is 4.49. The zero-order valence-electron chi connectivity index (χ0n) is 13.9. The molecule has 25 heavy (non-hydrogen) atoms. The van der Waals surface area contributed by atoms with E-state index in [4.69, 9.17) is 4.74 Å². The molecule has 0 atom stereocenters. The number of carbonyl (C=O) groups is 1. The first-order valence-electron chi connectivity index (χ1n) is 7.65. The molecule has 0 radical (unpaired) electrons. The Bertz CT molecular complexity index is 918. The summed E-state index contributed by atoms with van der Waals surface area (Å²) >= 11 is 1.45.